The van der Waals surface area contributed by atoms with E-state index in [0.29, 0.717) is 28.0 Å². The molecule has 3 aromatic heterocycles. The number of halogens is 1. The van der Waals surface area contributed by atoms with Crippen molar-refractivity contribution < 1.29 is 18.4 Å². The second-order valence-electron chi connectivity index (χ2n) is 8.70. The Hall–Kier alpha value is -3.92. The fourth-order valence-corrected chi connectivity index (χ4v) is 4.50. The Bertz CT molecular complexity index is 1320. The van der Waals surface area contributed by atoms with Gasteiger partial charge in [-0.25, -0.2) is 0 Å². The highest BCUT2D eigenvalue weighted by Gasteiger charge is 2.36. The summed E-state index contributed by atoms with van der Waals surface area (Å²) in [6.07, 6.45) is 5.41. The molecule has 1 saturated carbocycles. The highest BCUT2D eigenvalue weighted by Crippen LogP contribution is 2.31. The van der Waals surface area contributed by atoms with Crippen molar-refractivity contribution in [2.75, 3.05) is 4.90 Å². The molecule has 0 spiro atoms. The van der Waals surface area contributed by atoms with Crippen molar-refractivity contribution >= 4 is 29.1 Å². The van der Waals surface area contributed by atoms with Crippen molar-refractivity contribution in [3.05, 3.63) is 71.3 Å². The summed E-state index contributed by atoms with van der Waals surface area (Å²) >= 11 is 6.10. The minimum Gasteiger partial charge on any atom is -0.467 e. The van der Waals surface area contributed by atoms with E-state index in [-0.39, 0.29) is 24.3 Å². The molecule has 2 amide bonds. The topological polar surface area (TPSA) is 119 Å². The molecule has 1 aliphatic rings. The van der Waals surface area contributed by atoms with Gasteiger partial charge in [0.15, 0.2) is 11.8 Å². The van der Waals surface area contributed by atoms with Crippen LogP contribution >= 0.6 is 11.6 Å². The number of carbonyl (C=O) groups excluding carboxylic acids is 2. The number of hydrogen-bond acceptors (Lipinski definition) is 7. The first-order chi connectivity index (χ1) is 17.5. The molecule has 11 heteroatoms. The number of nitrogens with one attached hydrogen (secondary N) is 1. The third-order valence-corrected chi connectivity index (χ3v) is 6.34. The van der Waals surface area contributed by atoms with Crippen molar-refractivity contribution in [3.63, 3.8) is 0 Å². The van der Waals surface area contributed by atoms with Gasteiger partial charge >= 0.3 is 0 Å². The zero-order valence-electron chi connectivity index (χ0n) is 19.6. The SMILES string of the molecule is Cc1ccc(-c2nnn(CC(=O)N(c3ccc(Cl)cc3)[C@H](C(=O)NC3CCCC3)c3ccco3)n2)o1. The number of amides is 2. The molecular weight excluding hydrogens is 484 g/mol. The molecule has 186 valence electrons. The lowest BCUT2D eigenvalue weighted by Crippen LogP contribution is -2.47. The molecule has 1 atom stereocenters. The summed E-state index contributed by atoms with van der Waals surface area (Å²) in [5, 5.41) is 15.9. The molecule has 1 aromatic carbocycles. The number of rotatable bonds is 8. The highest BCUT2D eigenvalue weighted by atomic mass is 35.5. The lowest BCUT2D eigenvalue weighted by Gasteiger charge is -2.30. The quantitative estimate of drug-likeness (QED) is 0.376. The number of anilines is 1. The van der Waals surface area contributed by atoms with Crippen LogP contribution in [0.2, 0.25) is 5.02 Å². The fourth-order valence-electron chi connectivity index (χ4n) is 4.37. The van der Waals surface area contributed by atoms with Crippen molar-refractivity contribution in [2.45, 2.75) is 51.2 Å². The van der Waals surface area contributed by atoms with Crippen LogP contribution in [0.25, 0.3) is 11.6 Å². The number of hydrogen-bond donors (Lipinski definition) is 1. The first-order valence-corrected chi connectivity index (χ1v) is 12.1. The van der Waals surface area contributed by atoms with Crippen molar-refractivity contribution in [1.29, 1.82) is 0 Å². The second kappa shape index (κ2) is 10.4. The minimum absolute atomic E-state index is 0.0634. The average Bonchev–Trinajstić information content (AvgIpc) is 3.66. The molecule has 0 unspecified atom stereocenters. The Morgan fingerprint density at radius 2 is 1.94 bits per heavy atom. The maximum absolute atomic E-state index is 13.7. The lowest BCUT2D eigenvalue weighted by molar-refractivity contribution is -0.128. The first-order valence-electron chi connectivity index (χ1n) is 11.7. The maximum Gasteiger partial charge on any atom is 0.251 e. The summed E-state index contributed by atoms with van der Waals surface area (Å²) < 4.78 is 11.2. The van der Waals surface area contributed by atoms with Gasteiger partial charge in [0.05, 0.1) is 6.26 Å². The van der Waals surface area contributed by atoms with Gasteiger partial charge in [-0.2, -0.15) is 4.80 Å². The van der Waals surface area contributed by atoms with Crippen LogP contribution < -0.4 is 10.2 Å². The molecule has 0 radical (unpaired) electrons. The number of tetrazole rings is 1. The third-order valence-electron chi connectivity index (χ3n) is 6.08. The van der Waals surface area contributed by atoms with Crippen LogP contribution in [-0.2, 0) is 16.1 Å². The Labute approximate surface area is 212 Å². The summed E-state index contributed by atoms with van der Waals surface area (Å²) in [5.74, 6) is 1.01. The number of aromatic nitrogens is 4. The van der Waals surface area contributed by atoms with Crippen LogP contribution in [-0.4, -0.2) is 38.1 Å². The monoisotopic (exact) mass is 508 g/mol. The number of benzene rings is 1. The van der Waals surface area contributed by atoms with Crippen LogP contribution in [0.15, 0.2) is 63.6 Å². The van der Waals surface area contributed by atoms with Crippen LogP contribution in [0.1, 0.15) is 43.2 Å². The van der Waals surface area contributed by atoms with Crippen molar-refractivity contribution in [3.8, 4) is 11.6 Å². The number of carbonyl (C=O) groups is 2. The highest BCUT2D eigenvalue weighted by molar-refractivity contribution is 6.30. The van der Waals surface area contributed by atoms with Crippen LogP contribution in [0.3, 0.4) is 0 Å². The minimum atomic E-state index is -1.04. The normalized spacial score (nSPS) is 14.6. The average molecular weight is 509 g/mol. The molecule has 0 saturated heterocycles. The molecule has 0 bridgehead atoms. The van der Waals surface area contributed by atoms with Gasteiger partial charge in [-0.05, 0) is 73.5 Å². The van der Waals surface area contributed by atoms with E-state index in [1.54, 1.807) is 48.5 Å². The summed E-state index contributed by atoms with van der Waals surface area (Å²) in [4.78, 5) is 29.9. The molecule has 1 aliphatic carbocycles. The van der Waals surface area contributed by atoms with Gasteiger partial charge in [0.25, 0.3) is 11.8 Å². The standard InChI is InChI=1S/C25H25ClN6O4/c1-16-8-13-21(36-16)24-28-30-31(29-24)15-22(33)32(19-11-9-17(26)10-12-19)23(20-7-4-14-35-20)25(34)27-18-5-2-3-6-18/h4,7-14,18,23H,2-3,5-6,15H2,1H3,(H,27,34)/t23-/m0/s1. The van der Waals surface area contributed by atoms with E-state index in [0.717, 1.165) is 25.7 Å². The van der Waals surface area contributed by atoms with Crippen molar-refractivity contribution in [2.24, 2.45) is 0 Å². The van der Waals surface area contributed by atoms with E-state index >= 15 is 0 Å². The molecule has 36 heavy (non-hydrogen) atoms. The molecule has 10 nitrogen and oxygen atoms in total. The Morgan fingerprint density at radius 1 is 1.17 bits per heavy atom. The van der Waals surface area contributed by atoms with E-state index in [2.05, 4.69) is 20.7 Å². The van der Waals surface area contributed by atoms with E-state index in [1.807, 2.05) is 6.92 Å². The van der Waals surface area contributed by atoms with Gasteiger partial charge in [0.1, 0.15) is 18.1 Å². The van der Waals surface area contributed by atoms with Crippen LogP contribution in [0.5, 0.6) is 0 Å². The van der Waals surface area contributed by atoms with Gasteiger partial charge in [0.2, 0.25) is 5.82 Å². The zero-order valence-corrected chi connectivity index (χ0v) is 20.4. The molecule has 3 heterocycles. The Kier molecular flexibility index (Phi) is 6.86. The van der Waals surface area contributed by atoms with Gasteiger partial charge in [-0.1, -0.05) is 24.4 Å². The van der Waals surface area contributed by atoms with Crippen molar-refractivity contribution in [1.82, 2.24) is 25.5 Å². The van der Waals surface area contributed by atoms with E-state index in [4.69, 9.17) is 20.4 Å². The number of furan rings is 2. The summed E-state index contributed by atoms with van der Waals surface area (Å²) in [6, 6.07) is 12.6. The van der Waals surface area contributed by atoms with Gasteiger partial charge in [-0.3, -0.25) is 14.5 Å². The molecular formula is C25H25ClN6O4. The van der Waals surface area contributed by atoms with Crippen LogP contribution in [0, 0.1) is 6.92 Å². The number of nitrogens with zero attached hydrogens (tertiary/aromatic N) is 5. The summed E-state index contributed by atoms with van der Waals surface area (Å²) in [6.45, 7) is 1.55. The van der Waals surface area contributed by atoms with E-state index in [1.165, 1.54) is 16.0 Å². The largest absolute Gasteiger partial charge is 0.467 e. The smallest absolute Gasteiger partial charge is 0.251 e. The maximum atomic E-state index is 13.7. The van der Waals surface area contributed by atoms with Gasteiger partial charge in [0, 0.05) is 16.8 Å². The predicted molar refractivity (Wildman–Crippen MR) is 131 cm³/mol. The lowest BCUT2D eigenvalue weighted by atomic mass is 10.1. The Balaban J connectivity index is 1.47. The molecule has 1 fully saturated rings. The summed E-state index contributed by atoms with van der Waals surface area (Å²) in [5.41, 5.74) is 0.481. The third kappa shape index (κ3) is 5.18. The second-order valence-corrected chi connectivity index (χ2v) is 9.14. The Morgan fingerprint density at radius 3 is 2.61 bits per heavy atom. The van der Waals surface area contributed by atoms with E-state index < -0.39 is 11.9 Å². The predicted octanol–water partition coefficient (Wildman–Crippen LogP) is 4.32. The first kappa shape index (κ1) is 23.8. The van der Waals surface area contributed by atoms with Gasteiger partial charge in [-0.15, -0.1) is 10.2 Å². The number of aryl methyl sites for hydroxylation is 1. The fraction of sp³-hybridized carbons (Fsp3) is 0.320. The molecule has 4 aromatic rings. The molecule has 5 rings (SSSR count). The summed E-state index contributed by atoms with van der Waals surface area (Å²) in [7, 11) is 0. The molecule has 0 aliphatic heterocycles. The van der Waals surface area contributed by atoms with Crippen LogP contribution in [0.4, 0.5) is 5.69 Å². The van der Waals surface area contributed by atoms with Gasteiger partial charge < -0.3 is 14.2 Å². The zero-order chi connectivity index (χ0) is 25.1. The van der Waals surface area contributed by atoms with E-state index in [9.17, 15) is 9.59 Å². The molecule has 1 N–H and O–H groups in total.